The molecule has 1 aromatic rings. The summed E-state index contributed by atoms with van der Waals surface area (Å²) in [6, 6.07) is 3.35. The zero-order chi connectivity index (χ0) is 16.1. The third-order valence-corrected chi connectivity index (χ3v) is 3.50. The third-order valence-electron chi connectivity index (χ3n) is 3.50. The van der Waals surface area contributed by atoms with E-state index in [2.05, 4.69) is 19.3 Å². The molecule has 4 nitrogen and oxygen atoms in total. The first kappa shape index (κ1) is 16.7. The Labute approximate surface area is 129 Å². The van der Waals surface area contributed by atoms with E-state index in [9.17, 15) is 8.78 Å². The lowest BCUT2D eigenvalue weighted by molar-refractivity contribution is 0.0800. The highest BCUT2D eigenvalue weighted by Gasteiger charge is 2.23. The summed E-state index contributed by atoms with van der Waals surface area (Å²) in [6.45, 7) is 5.48. The summed E-state index contributed by atoms with van der Waals surface area (Å²) in [5.41, 5.74) is 9.09. The van der Waals surface area contributed by atoms with Crippen LogP contribution in [0.3, 0.4) is 0 Å². The van der Waals surface area contributed by atoms with E-state index in [0.29, 0.717) is 18.3 Å². The smallest absolute Gasteiger partial charge is 0.201 e. The fraction of sp³-hybridized carbons (Fsp3) is 0.500. The predicted molar refractivity (Wildman–Crippen MR) is 81.4 cm³/mol. The second-order valence-corrected chi connectivity index (χ2v) is 5.83. The highest BCUT2D eigenvalue weighted by molar-refractivity contribution is 5.18. The Morgan fingerprint density at radius 3 is 2.82 bits per heavy atom. The number of ether oxygens (including phenoxy) is 1. The molecule has 1 aliphatic rings. The second-order valence-electron chi connectivity index (χ2n) is 5.83. The van der Waals surface area contributed by atoms with E-state index in [1.165, 1.54) is 0 Å². The zero-order valence-electron chi connectivity index (χ0n) is 13.0. The fourth-order valence-electron chi connectivity index (χ4n) is 2.18. The Bertz CT molecular complexity index is 534. The molecule has 1 aromatic carbocycles. The average molecular weight is 311 g/mol. The third kappa shape index (κ3) is 4.42. The van der Waals surface area contributed by atoms with Crippen LogP contribution in [0.4, 0.5) is 8.78 Å². The van der Waals surface area contributed by atoms with Crippen LogP contribution in [0.25, 0.3) is 0 Å². The first-order chi connectivity index (χ1) is 10.5. The van der Waals surface area contributed by atoms with Gasteiger partial charge in [-0.15, -0.1) is 0 Å². The summed E-state index contributed by atoms with van der Waals surface area (Å²) in [5.74, 6) is 0.215. The van der Waals surface area contributed by atoms with E-state index in [4.69, 9.17) is 10.5 Å². The number of nitrogens with one attached hydrogen (secondary N) is 1. The molecule has 2 rings (SSSR count). The number of hydrogen-bond acceptors (Lipinski definition) is 4. The van der Waals surface area contributed by atoms with E-state index >= 15 is 0 Å². The fourth-order valence-corrected chi connectivity index (χ4v) is 2.18. The van der Waals surface area contributed by atoms with Crippen molar-refractivity contribution in [3.8, 4) is 0 Å². The summed E-state index contributed by atoms with van der Waals surface area (Å²) in [4.78, 5) is 0. The molecule has 1 aliphatic heterocycles. The first-order valence-corrected chi connectivity index (χ1v) is 7.52. The summed E-state index contributed by atoms with van der Waals surface area (Å²) in [6.07, 6.45) is 2.86. The van der Waals surface area contributed by atoms with Crippen LogP contribution in [-0.2, 0) is 11.3 Å². The van der Waals surface area contributed by atoms with Crippen LogP contribution in [0.15, 0.2) is 30.2 Å². The Morgan fingerprint density at radius 2 is 2.14 bits per heavy atom. The van der Waals surface area contributed by atoms with Gasteiger partial charge in [-0.2, -0.15) is 0 Å². The summed E-state index contributed by atoms with van der Waals surface area (Å²) in [7, 11) is 0. The minimum atomic E-state index is -0.477. The van der Waals surface area contributed by atoms with Crippen LogP contribution in [0.5, 0.6) is 0 Å². The van der Waals surface area contributed by atoms with Crippen LogP contribution in [0.2, 0.25) is 0 Å². The zero-order valence-corrected chi connectivity index (χ0v) is 13.0. The Hall–Kier alpha value is -1.66. The van der Waals surface area contributed by atoms with Gasteiger partial charge in [0.05, 0.1) is 6.04 Å². The van der Waals surface area contributed by atoms with E-state index in [1.807, 2.05) is 11.1 Å². The van der Waals surface area contributed by atoms with Gasteiger partial charge in [0.15, 0.2) is 0 Å². The predicted octanol–water partition coefficient (Wildman–Crippen LogP) is 2.52. The van der Waals surface area contributed by atoms with E-state index < -0.39 is 11.6 Å². The standard InChI is InChI=1S/C16H23F2N3O/c1-11(2)5-6-21-16(8-14(9-19)20-21)22-10-12-7-13(17)3-4-15(12)18/h3-4,7-8,11,14,20H,5-6,9-10,19H2,1-2H3. The van der Waals surface area contributed by atoms with Crippen molar-refractivity contribution in [2.75, 3.05) is 13.1 Å². The molecule has 6 heteroatoms. The Kier molecular flexibility index (Phi) is 5.74. The molecule has 1 heterocycles. The lowest BCUT2D eigenvalue weighted by Gasteiger charge is -2.24. The maximum absolute atomic E-state index is 13.6. The number of rotatable bonds is 7. The van der Waals surface area contributed by atoms with Gasteiger partial charge >= 0.3 is 0 Å². The molecule has 0 radical (unpaired) electrons. The minimum absolute atomic E-state index is 0.000446. The van der Waals surface area contributed by atoms with Crippen LogP contribution in [-0.4, -0.2) is 24.1 Å². The molecule has 0 aliphatic carbocycles. The summed E-state index contributed by atoms with van der Waals surface area (Å²) in [5, 5.41) is 1.88. The van der Waals surface area contributed by atoms with Gasteiger partial charge in [-0.3, -0.25) is 5.01 Å². The number of hydrogen-bond donors (Lipinski definition) is 2. The molecule has 22 heavy (non-hydrogen) atoms. The molecular weight excluding hydrogens is 288 g/mol. The van der Waals surface area contributed by atoms with Crippen molar-refractivity contribution in [1.29, 1.82) is 0 Å². The van der Waals surface area contributed by atoms with Gasteiger partial charge in [0.25, 0.3) is 0 Å². The molecule has 0 aromatic heterocycles. The monoisotopic (exact) mass is 311 g/mol. The number of benzene rings is 1. The number of halogens is 2. The van der Waals surface area contributed by atoms with Gasteiger partial charge in [-0.25, -0.2) is 14.2 Å². The van der Waals surface area contributed by atoms with Gasteiger partial charge in [0, 0.05) is 18.7 Å². The molecule has 0 bridgehead atoms. The molecule has 1 unspecified atom stereocenters. The van der Waals surface area contributed by atoms with Crippen LogP contribution in [0.1, 0.15) is 25.8 Å². The molecule has 0 spiro atoms. The lowest BCUT2D eigenvalue weighted by atomic mass is 10.1. The van der Waals surface area contributed by atoms with E-state index in [1.54, 1.807) is 0 Å². The highest BCUT2D eigenvalue weighted by Crippen LogP contribution is 2.18. The van der Waals surface area contributed by atoms with Crippen LogP contribution >= 0.6 is 0 Å². The van der Waals surface area contributed by atoms with Crippen molar-refractivity contribution in [2.24, 2.45) is 11.7 Å². The van der Waals surface area contributed by atoms with Gasteiger partial charge in [-0.05, 0) is 36.6 Å². The van der Waals surface area contributed by atoms with E-state index in [-0.39, 0.29) is 18.2 Å². The summed E-state index contributed by atoms with van der Waals surface area (Å²) < 4.78 is 32.5. The highest BCUT2D eigenvalue weighted by atomic mass is 19.1. The molecule has 0 saturated heterocycles. The maximum atomic E-state index is 13.6. The number of nitrogens with zero attached hydrogens (tertiary/aromatic N) is 1. The van der Waals surface area contributed by atoms with Crippen LogP contribution in [0, 0.1) is 17.6 Å². The molecule has 0 saturated carbocycles. The normalized spacial score (nSPS) is 18.0. The second kappa shape index (κ2) is 7.56. The Morgan fingerprint density at radius 1 is 1.36 bits per heavy atom. The van der Waals surface area contributed by atoms with Crippen LogP contribution < -0.4 is 11.2 Å². The maximum Gasteiger partial charge on any atom is 0.201 e. The van der Waals surface area contributed by atoms with Crippen molar-refractivity contribution < 1.29 is 13.5 Å². The van der Waals surface area contributed by atoms with Crippen molar-refractivity contribution in [1.82, 2.24) is 10.4 Å². The molecule has 0 fully saturated rings. The van der Waals surface area contributed by atoms with Crippen molar-refractivity contribution in [3.63, 3.8) is 0 Å². The largest absolute Gasteiger partial charge is 0.473 e. The number of nitrogens with two attached hydrogens (primary N) is 1. The van der Waals surface area contributed by atoms with Gasteiger partial charge in [0.2, 0.25) is 5.88 Å². The molecule has 0 amide bonds. The van der Waals surface area contributed by atoms with Crippen molar-refractivity contribution >= 4 is 0 Å². The molecular formula is C16H23F2N3O. The minimum Gasteiger partial charge on any atom is -0.473 e. The van der Waals surface area contributed by atoms with Gasteiger partial charge in [-0.1, -0.05) is 13.8 Å². The first-order valence-electron chi connectivity index (χ1n) is 7.52. The van der Waals surface area contributed by atoms with Crippen molar-refractivity contribution in [2.45, 2.75) is 32.9 Å². The summed E-state index contributed by atoms with van der Waals surface area (Å²) >= 11 is 0. The molecule has 1 atom stereocenters. The lowest BCUT2D eigenvalue weighted by Crippen LogP contribution is -2.41. The molecule has 3 N–H and O–H groups in total. The van der Waals surface area contributed by atoms with E-state index in [0.717, 1.165) is 31.2 Å². The SMILES string of the molecule is CC(C)CCN1NC(CN)C=C1OCc1cc(F)ccc1F. The topological polar surface area (TPSA) is 50.5 Å². The average Bonchev–Trinajstić information content (AvgIpc) is 2.88. The van der Waals surface area contributed by atoms with Gasteiger partial charge < -0.3 is 10.5 Å². The van der Waals surface area contributed by atoms with Crippen molar-refractivity contribution in [3.05, 3.63) is 47.4 Å². The Balaban J connectivity index is 2.00. The number of hydrazine groups is 1. The molecule has 122 valence electrons. The quantitative estimate of drug-likeness (QED) is 0.812. The van der Waals surface area contributed by atoms with Gasteiger partial charge in [0.1, 0.15) is 18.2 Å².